The fraction of sp³-hybridized carbons (Fsp3) is 0.0714. The Morgan fingerprint density at radius 1 is 1.00 bits per heavy atom. The van der Waals surface area contributed by atoms with Crippen LogP contribution in [0.25, 0.3) is 15.7 Å². The molecule has 1 unspecified atom stereocenters. The molecule has 0 saturated carbocycles. The molecule has 2 aromatic rings. The molecule has 0 N–H and O–H groups in total. The number of allylic oxidation sites excluding steroid dienone is 1. The molecule has 0 bridgehead atoms. The van der Waals surface area contributed by atoms with Crippen molar-refractivity contribution in [2.24, 2.45) is 4.40 Å². The van der Waals surface area contributed by atoms with Crippen LogP contribution in [0.1, 0.15) is 5.56 Å². The van der Waals surface area contributed by atoms with Crippen molar-refractivity contribution in [2.75, 3.05) is 6.26 Å². The molecule has 0 fully saturated rings. The molecule has 0 amide bonds. The van der Waals surface area contributed by atoms with E-state index in [1.54, 1.807) is 0 Å². The number of hydrogen-bond donors (Lipinski definition) is 1. The van der Waals surface area contributed by atoms with E-state index in [4.69, 9.17) is 0 Å². The van der Waals surface area contributed by atoms with Crippen LogP contribution in [-0.4, -0.2) is 12.5 Å². The van der Waals surface area contributed by atoms with Crippen molar-refractivity contribution in [2.45, 2.75) is 0 Å². The van der Waals surface area contributed by atoms with E-state index >= 15 is 0 Å². The molecule has 2 aromatic carbocycles. The van der Waals surface area contributed by atoms with Crippen LogP contribution >= 0.6 is 11.1 Å². The van der Waals surface area contributed by atoms with Gasteiger partial charge in [-0.15, -0.1) is 11.1 Å². The summed E-state index contributed by atoms with van der Waals surface area (Å²) >= 11 is -0.347. The van der Waals surface area contributed by atoms with Crippen LogP contribution in [0.2, 0.25) is 0 Å². The molecule has 0 radical (unpaired) electrons. The van der Waals surface area contributed by atoms with Gasteiger partial charge in [0.25, 0.3) is 0 Å². The van der Waals surface area contributed by atoms with Gasteiger partial charge in [0.1, 0.15) is 0 Å². The van der Waals surface area contributed by atoms with E-state index in [2.05, 4.69) is 59.2 Å². The first-order chi connectivity index (χ1) is 7.86. The Bertz CT molecular complexity index is 593. The molecule has 16 heavy (non-hydrogen) atoms. The molecule has 0 saturated heterocycles. The minimum atomic E-state index is -0.347. The Hall–Kier alpha value is -1.54. The van der Waals surface area contributed by atoms with E-state index in [0.29, 0.717) is 0 Å². The lowest BCUT2D eigenvalue weighted by Gasteiger charge is -2.13. The highest BCUT2D eigenvalue weighted by atomic mass is 32.2. The predicted octanol–water partition coefficient (Wildman–Crippen LogP) is 3.81. The standard InChI is InChI=1S/C14H13NS/c1-16-14(9-10-15-16)13-8-4-6-11-5-2-3-7-12(11)13/h2-10,16H,1H3. The first kappa shape index (κ1) is 9.67. The summed E-state index contributed by atoms with van der Waals surface area (Å²) in [7, 11) is 0. The summed E-state index contributed by atoms with van der Waals surface area (Å²) in [6, 6.07) is 15.0. The first-order valence-corrected chi connectivity index (χ1v) is 7.06. The summed E-state index contributed by atoms with van der Waals surface area (Å²) in [5.74, 6) is 0. The second-order valence-electron chi connectivity index (χ2n) is 3.87. The molecule has 1 atom stereocenters. The second kappa shape index (κ2) is 3.80. The number of benzene rings is 2. The van der Waals surface area contributed by atoms with Crippen molar-refractivity contribution in [1.82, 2.24) is 0 Å². The number of thiol groups is 1. The summed E-state index contributed by atoms with van der Waals surface area (Å²) in [5, 5.41) is 2.63. The zero-order valence-corrected chi connectivity index (χ0v) is 9.99. The molecule has 0 aliphatic carbocycles. The van der Waals surface area contributed by atoms with Gasteiger partial charge in [-0.25, -0.2) is 4.40 Å². The Morgan fingerprint density at radius 2 is 1.81 bits per heavy atom. The minimum absolute atomic E-state index is 0.347. The lowest BCUT2D eigenvalue weighted by molar-refractivity contribution is 1.71. The maximum Gasteiger partial charge on any atom is 0.0344 e. The van der Waals surface area contributed by atoms with Crippen LogP contribution < -0.4 is 0 Å². The van der Waals surface area contributed by atoms with Crippen LogP contribution in [0.3, 0.4) is 0 Å². The predicted molar refractivity (Wildman–Crippen MR) is 75.3 cm³/mol. The molecular formula is C14H13NS. The number of fused-ring (bicyclic) bond motifs is 1. The van der Waals surface area contributed by atoms with Gasteiger partial charge < -0.3 is 0 Å². The van der Waals surface area contributed by atoms with Crippen molar-refractivity contribution in [3.8, 4) is 0 Å². The quantitative estimate of drug-likeness (QED) is 0.711. The molecule has 1 aliphatic rings. The van der Waals surface area contributed by atoms with Crippen LogP contribution in [-0.2, 0) is 0 Å². The van der Waals surface area contributed by atoms with Gasteiger partial charge >= 0.3 is 0 Å². The average molecular weight is 227 g/mol. The molecule has 2 heteroatoms. The Balaban J connectivity index is 2.25. The van der Waals surface area contributed by atoms with Crippen LogP contribution in [0.15, 0.2) is 52.9 Å². The van der Waals surface area contributed by atoms with Gasteiger partial charge in [0.05, 0.1) is 0 Å². The summed E-state index contributed by atoms with van der Waals surface area (Å²) in [5.41, 5.74) is 1.34. The van der Waals surface area contributed by atoms with Crippen LogP contribution in [0.5, 0.6) is 0 Å². The second-order valence-corrected chi connectivity index (χ2v) is 5.63. The van der Waals surface area contributed by atoms with E-state index in [1.165, 1.54) is 21.2 Å². The van der Waals surface area contributed by atoms with Gasteiger partial charge in [0.2, 0.25) is 0 Å². The normalized spacial score (nSPS) is 21.3. The summed E-state index contributed by atoms with van der Waals surface area (Å²) in [6.07, 6.45) is 6.28. The Labute approximate surface area is 98.0 Å². The topological polar surface area (TPSA) is 12.4 Å². The minimum Gasteiger partial charge on any atom is -0.244 e. The number of hydrogen-bond acceptors (Lipinski definition) is 1. The van der Waals surface area contributed by atoms with Gasteiger partial charge in [-0.05, 0) is 28.7 Å². The SMILES string of the molecule is C[SH]1N=CC=C1c1cccc2ccccc12. The molecule has 0 aromatic heterocycles. The fourth-order valence-electron chi connectivity index (χ4n) is 2.09. The van der Waals surface area contributed by atoms with Crippen molar-refractivity contribution >= 4 is 33.0 Å². The third-order valence-electron chi connectivity index (χ3n) is 2.89. The maximum atomic E-state index is 4.45. The molecule has 1 aliphatic heterocycles. The highest BCUT2D eigenvalue weighted by molar-refractivity contribution is 8.23. The van der Waals surface area contributed by atoms with E-state index in [9.17, 15) is 0 Å². The van der Waals surface area contributed by atoms with E-state index in [0.717, 1.165) is 0 Å². The van der Waals surface area contributed by atoms with Crippen LogP contribution in [0.4, 0.5) is 0 Å². The Kier molecular flexibility index (Phi) is 2.29. The largest absolute Gasteiger partial charge is 0.244 e. The zero-order chi connectivity index (χ0) is 11.0. The molecule has 1 nitrogen and oxygen atoms in total. The van der Waals surface area contributed by atoms with E-state index < -0.39 is 0 Å². The summed E-state index contributed by atoms with van der Waals surface area (Å²) < 4.78 is 4.45. The van der Waals surface area contributed by atoms with Gasteiger partial charge in [-0.2, -0.15) is 0 Å². The van der Waals surface area contributed by atoms with Gasteiger partial charge in [0.15, 0.2) is 0 Å². The molecular weight excluding hydrogens is 214 g/mol. The van der Waals surface area contributed by atoms with Crippen molar-refractivity contribution < 1.29 is 0 Å². The highest BCUT2D eigenvalue weighted by Gasteiger charge is 2.11. The maximum absolute atomic E-state index is 4.45. The van der Waals surface area contributed by atoms with Crippen molar-refractivity contribution in [3.63, 3.8) is 0 Å². The zero-order valence-electron chi connectivity index (χ0n) is 9.09. The van der Waals surface area contributed by atoms with Gasteiger partial charge in [-0.3, -0.25) is 0 Å². The van der Waals surface area contributed by atoms with E-state index in [1.807, 2.05) is 6.21 Å². The van der Waals surface area contributed by atoms with Crippen molar-refractivity contribution in [1.29, 1.82) is 0 Å². The molecule has 80 valence electrons. The fourth-order valence-corrected chi connectivity index (χ4v) is 3.30. The third-order valence-corrected chi connectivity index (χ3v) is 4.45. The molecule has 0 spiro atoms. The summed E-state index contributed by atoms with van der Waals surface area (Å²) in [4.78, 5) is 1.38. The first-order valence-electron chi connectivity index (χ1n) is 5.32. The molecule has 3 rings (SSSR count). The highest BCUT2D eigenvalue weighted by Crippen LogP contribution is 2.44. The Morgan fingerprint density at radius 3 is 2.62 bits per heavy atom. The van der Waals surface area contributed by atoms with Gasteiger partial charge in [0, 0.05) is 11.1 Å². The van der Waals surface area contributed by atoms with Crippen molar-refractivity contribution in [3.05, 3.63) is 54.1 Å². The molecule has 1 heterocycles. The van der Waals surface area contributed by atoms with E-state index in [-0.39, 0.29) is 11.1 Å². The lowest BCUT2D eigenvalue weighted by Crippen LogP contribution is -1.84. The van der Waals surface area contributed by atoms with Crippen LogP contribution in [0, 0.1) is 0 Å². The monoisotopic (exact) mass is 227 g/mol. The lowest BCUT2D eigenvalue weighted by atomic mass is 10.0. The van der Waals surface area contributed by atoms with Gasteiger partial charge in [-0.1, -0.05) is 42.5 Å². The summed E-state index contributed by atoms with van der Waals surface area (Å²) in [6.45, 7) is 0. The average Bonchev–Trinajstić information content (AvgIpc) is 2.75. The third kappa shape index (κ3) is 1.46. The number of rotatable bonds is 1. The number of nitrogens with zero attached hydrogens (tertiary/aromatic N) is 1. The smallest absolute Gasteiger partial charge is 0.0344 e.